The number of methoxy groups -OCH3 is 1. The number of nitrogens with zero attached hydrogens (tertiary/aromatic N) is 1. The molecule has 0 spiro atoms. The smallest absolute Gasteiger partial charge is 0.0936 e. The Morgan fingerprint density at radius 1 is 1.40 bits per heavy atom. The average molecular weight is 217 g/mol. The Morgan fingerprint density at radius 2 is 2.20 bits per heavy atom. The van der Waals surface area contributed by atoms with Crippen molar-refractivity contribution in [3.05, 3.63) is 0 Å². The zero-order valence-electron chi connectivity index (χ0n) is 10.1. The van der Waals surface area contributed by atoms with Crippen molar-refractivity contribution in [2.75, 3.05) is 46.6 Å². The molecule has 0 aromatic heterocycles. The Balaban J connectivity index is 2.29. The van der Waals surface area contributed by atoms with Crippen LogP contribution in [0.25, 0.3) is 0 Å². The van der Waals surface area contributed by atoms with E-state index in [2.05, 4.69) is 18.7 Å². The van der Waals surface area contributed by atoms with Gasteiger partial charge in [0.15, 0.2) is 0 Å². The van der Waals surface area contributed by atoms with Crippen LogP contribution in [0.3, 0.4) is 0 Å². The fraction of sp³-hybridized carbons (Fsp3) is 1.00. The SMILES string of the molecule is COCCOC1COCCN(C(C)C)C1. The Labute approximate surface area is 92.5 Å². The largest absolute Gasteiger partial charge is 0.382 e. The van der Waals surface area contributed by atoms with Crippen molar-refractivity contribution in [3.8, 4) is 0 Å². The van der Waals surface area contributed by atoms with Gasteiger partial charge in [-0.3, -0.25) is 4.90 Å². The van der Waals surface area contributed by atoms with Crippen LogP contribution < -0.4 is 0 Å². The molecule has 1 unspecified atom stereocenters. The molecule has 0 N–H and O–H groups in total. The lowest BCUT2D eigenvalue weighted by Gasteiger charge is -2.26. The van der Waals surface area contributed by atoms with E-state index in [0.717, 1.165) is 19.7 Å². The van der Waals surface area contributed by atoms with Crippen molar-refractivity contribution in [2.45, 2.75) is 26.0 Å². The molecule has 0 saturated carbocycles. The molecule has 1 saturated heterocycles. The van der Waals surface area contributed by atoms with E-state index in [-0.39, 0.29) is 6.10 Å². The molecule has 0 aromatic rings. The van der Waals surface area contributed by atoms with Gasteiger partial charge in [-0.25, -0.2) is 0 Å². The van der Waals surface area contributed by atoms with Crippen LogP contribution in [0.4, 0.5) is 0 Å². The fourth-order valence-electron chi connectivity index (χ4n) is 1.67. The van der Waals surface area contributed by atoms with E-state index >= 15 is 0 Å². The molecule has 90 valence electrons. The summed E-state index contributed by atoms with van der Waals surface area (Å²) in [6, 6.07) is 0.556. The summed E-state index contributed by atoms with van der Waals surface area (Å²) < 4.78 is 16.2. The maximum Gasteiger partial charge on any atom is 0.0936 e. The Bertz CT molecular complexity index is 164. The molecule has 1 atom stereocenters. The Kier molecular flexibility index (Phi) is 6.17. The molecule has 1 rings (SSSR count). The lowest BCUT2D eigenvalue weighted by molar-refractivity contribution is -0.0261. The van der Waals surface area contributed by atoms with E-state index in [9.17, 15) is 0 Å². The first kappa shape index (κ1) is 12.9. The van der Waals surface area contributed by atoms with Crippen molar-refractivity contribution < 1.29 is 14.2 Å². The Hall–Kier alpha value is -0.160. The van der Waals surface area contributed by atoms with E-state index in [4.69, 9.17) is 14.2 Å². The second-order valence-electron chi connectivity index (χ2n) is 4.15. The van der Waals surface area contributed by atoms with Gasteiger partial charge in [-0.1, -0.05) is 0 Å². The zero-order valence-corrected chi connectivity index (χ0v) is 10.1. The third-order valence-corrected chi connectivity index (χ3v) is 2.64. The normalized spacial score (nSPS) is 24.4. The summed E-state index contributed by atoms with van der Waals surface area (Å²) in [5.74, 6) is 0. The number of ether oxygens (including phenoxy) is 3. The van der Waals surface area contributed by atoms with Gasteiger partial charge in [-0.15, -0.1) is 0 Å². The van der Waals surface area contributed by atoms with Gasteiger partial charge in [-0.2, -0.15) is 0 Å². The molecule has 0 aliphatic carbocycles. The molecule has 15 heavy (non-hydrogen) atoms. The number of hydrogen-bond acceptors (Lipinski definition) is 4. The molecule has 1 fully saturated rings. The summed E-state index contributed by atoms with van der Waals surface area (Å²) in [4.78, 5) is 2.39. The first-order valence-electron chi connectivity index (χ1n) is 5.66. The first-order valence-corrected chi connectivity index (χ1v) is 5.66. The van der Waals surface area contributed by atoms with Crippen LogP contribution in [0.15, 0.2) is 0 Å². The van der Waals surface area contributed by atoms with Crippen LogP contribution >= 0.6 is 0 Å². The predicted octanol–water partition coefficient (Wildman–Crippen LogP) is 0.759. The van der Waals surface area contributed by atoms with Gasteiger partial charge in [0.05, 0.1) is 32.5 Å². The van der Waals surface area contributed by atoms with E-state index in [1.807, 2.05) is 0 Å². The van der Waals surface area contributed by atoms with Crippen molar-refractivity contribution >= 4 is 0 Å². The minimum absolute atomic E-state index is 0.185. The minimum atomic E-state index is 0.185. The van der Waals surface area contributed by atoms with Gasteiger partial charge < -0.3 is 14.2 Å². The maximum atomic E-state index is 5.69. The van der Waals surface area contributed by atoms with E-state index in [0.29, 0.717) is 25.9 Å². The highest BCUT2D eigenvalue weighted by Crippen LogP contribution is 2.07. The van der Waals surface area contributed by atoms with Gasteiger partial charge in [0.1, 0.15) is 0 Å². The third kappa shape index (κ3) is 4.93. The fourth-order valence-corrected chi connectivity index (χ4v) is 1.67. The number of rotatable bonds is 5. The van der Waals surface area contributed by atoms with E-state index in [1.54, 1.807) is 7.11 Å². The molecule has 0 aromatic carbocycles. The summed E-state index contributed by atoms with van der Waals surface area (Å²) in [6.07, 6.45) is 0.185. The second-order valence-corrected chi connectivity index (χ2v) is 4.15. The van der Waals surface area contributed by atoms with Gasteiger partial charge in [-0.05, 0) is 13.8 Å². The molecule has 0 amide bonds. The van der Waals surface area contributed by atoms with Gasteiger partial charge >= 0.3 is 0 Å². The maximum absolute atomic E-state index is 5.69. The van der Waals surface area contributed by atoms with Crippen LogP contribution in [0.2, 0.25) is 0 Å². The quantitative estimate of drug-likeness (QED) is 0.636. The molecule has 4 nitrogen and oxygen atoms in total. The summed E-state index contributed by atoms with van der Waals surface area (Å²) in [5, 5.41) is 0. The third-order valence-electron chi connectivity index (χ3n) is 2.64. The topological polar surface area (TPSA) is 30.9 Å². The van der Waals surface area contributed by atoms with Crippen LogP contribution in [0.1, 0.15) is 13.8 Å². The molecule has 4 heteroatoms. The minimum Gasteiger partial charge on any atom is -0.382 e. The monoisotopic (exact) mass is 217 g/mol. The van der Waals surface area contributed by atoms with Gasteiger partial charge in [0, 0.05) is 26.2 Å². The van der Waals surface area contributed by atoms with E-state index in [1.165, 1.54) is 0 Å². The molecular weight excluding hydrogens is 194 g/mol. The summed E-state index contributed by atoms with van der Waals surface area (Å²) in [6.45, 7) is 9.18. The van der Waals surface area contributed by atoms with Gasteiger partial charge in [0.2, 0.25) is 0 Å². The lowest BCUT2D eigenvalue weighted by Crippen LogP contribution is -2.39. The molecular formula is C11H23NO3. The first-order chi connectivity index (χ1) is 7.24. The second kappa shape index (κ2) is 7.17. The van der Waals surface area contributed by atoms with E-state index < -0.39 is 0 Å². The van der Waals surface area contributed by atoms with Crippen molar-refractivity contribution in [1.82, 2.24) is 4.90 Å². The summed E-state index contributed by atoms with van der Waals surface area (Å²) >= 11 is 0. The van der Waals surface area contributed by atoms with Crippen LogP contribution in [0.5, 0.6) is 0 Å². The molecule has 1 aliphatic rings. The highest BCUT2D eigenvalue weighted by Gasteiger charge is 2.20. The zero-order chi connectivity index (χ0) is 11.1. The van der Waals surface area contributed by atoms with Crippen molar-refractivity contribution in [2.24, 2.45) is 0 Å². The average Bonchev–Trinajstić information content (AvgIpc) is 2.44. The molecule has 1 aliphatic heterocycles. The highest BCUT2D eigenvalue weighted by atomic mass is 16.5. The summed E-state index contributed by atoms with van der Waals surface area (Å²) in [5.41, 5.74) is 0. The van der Waals surface area contributed by atoms with Crippen LogP contribution in [-0.2, 0) is 14.2 Å². The van der Waals surface area contributed by atoms with Crippen molar-refractivity contribution in [1.29, 1.82) is 0 Å². The van der Waals surface area contributed by atoms with Crippen molar-refractivity contribution in [3.63, 3.8) is 0 Å². The number of hydrogen-bond donors (Lipinski definition) is 0. The predicted molar refractivity (Wildman–Crippen MR) is 59.1 cm³/mol. The lowest BCUT2D eigenvalue weighted by atomic mass is 10.2. The highest BCUT2D eigenvalue weighted by molar-refractivity contribution is 4.72. The molecule has 1 heterocycles. The molecule has 0 bridgehead atoms. The molecule has 0 radical (unpaired) electrons. The standard InChI is InChI=1S/C11H23NO3/c1-10(2)12-4-5-14-9-11(8-12)15-7-6-13-3/h10-11H,4-9H2,1-3H3. The van der Waals surface area contributed by atoms with Crippen LogP contribution in [0, 0.1) is 0 Å². The van der Waals surface area contributed by atoms with Crippen LogP contribution in [-0.4, -0.2) is 63.7 Å². The van der Waals surface area contributed by atoms with Gasteiger partial charge in [0.25, 0.3) is 0 Å². The summed E-state index contributed by atoms with van der Waals surface area (Å²) in [7, 11) is 1.69. The Morgan fingerprint density at radius 3 is 2.87 bits per heavy atom.